The molecule has 7 nitrogen and oxygen atoms in total. The Kier molecular flexibility index (Phi) is 11.8. The standard InChI is InChI=1S/C50H58BrN5O2S2/c1-9-39(53-45(57)42-25-32-19-30-21-34(49(3,4)5)14-17-40(30)54-47(32)59-42)28-13-16-37(38(51)24-28)27(2)44(29-11-10-12-36(52)23-29)56-46(58)43-26-33-20-31-22-35(50(6,7)8)15-18-41(31)55-48(33)60-43/h10-13,16,19-20,23-27,34-35,39,44H,9,14-15,17-18,21-22,52H2,1-8H3,(H,53,57)(H,56,58)/t27?,34?,35?,39-,44-/m1/s1. The molecule has 0 saturated heterocycles. The molecule has 60 heavy (non-hydrogen) atoms. The molecule has 4 aromatic heterocycles. The number of halogens is 1. The lowest BCUT2D eigenvalue weighted by Crippen LogP contribution is -2.31. The first kappa shape index (κ1) is 42.6. The third-order valence-electron chi connectivity index (χ3n) is 13.3. The Labute approximate surface area is 371 Å². The van der Waals surface area contributed by atoms with Crippen LogP contribution in [0, 0.1) is 22.7 Å². The molecule has 0 bridgehead atoms. The molecule has 2 aliphatic carbocycles. The van der Waals surface area contributed by atoms with Crippen LogP contribution in [0.25, 0.3) is 20.4 Å². The number of thiophene rings is 2. The van der Waals surface area contributed by atoms with Crippen LogP contribution in [0.1, 0.15) is 151 Å². The van der Waals surface area contributed by atoms with Crippen molar-refractivity contribution in [1.29, 1.82) is 0 Å². The maximum absolute atomic E-state index is 14.2. The first-order valence-electron chi connectivity index (χ1n) is 21.6. The van der Waals surface area contributed by atoms with Crippen molar-refractivity contribution < 1.29 is 9.59 Å². The molecule has 0 spiro atoms. The highest BCUT2D eigenvalue weighted by Crippen LogP contribution is 2.42. The van der Waals surface area contributed by atoms with Gasteiger partial charge in [-0.1, -0.05) is 95.6 Å². The molecule has 6 aromatic rings. The number of hydrogen-bond donors (Lipinski definition) is 3. The number of carbonyl (C=O) groups is 2. The second kappa shape index (κ2) is 16.6. The molecule has 2 aliphatic rings. The molecule has 10 heteroatoms. The maximum atomic E-state index is 14.2. The molecular formula is C50H58BrN5O2S2. The lowest BCUT2D eigenvalue weighted by atomic mass is 9.71. The van der Waals surface area contributed by atoms with E-state index in [-0.39, 0.29) is 40.6 Å². The Balaban J connectivity index is 1.00. The number of rotatable bonds is 9. The van der Waals surface area contributed by atoms with E-state index in [1.807, 2.05) is 36.4 Å². The van der Waals surface area contributed by atoms with E-state index in [4.69, 9.17) is 15.7 Å². The lowest BCUT2D eigenvalue weighted by molar-refractivity contribution is 0.0929. The second-order valence-electron chi connectivity index (χ2n) is 19.4. The van der Waals surface area contributed by atoms with Crippen molar-refractivity contribution in [3.63, 3.8) is 0 Å². The van der Waals surface area contributed by atoms with E-state index in [2.05, 4.69) is 112 Å². The quantitative estimate of drug-likeness (QED) is 0.125. The highest BCUT2D eigenvalue weighted by atomic mass is 79.9. The monoisotopic (exact) mass is 903 g/mol. The predicted molar refractivity (Wildman–Crippen MR) is 253 cm³/mol. The zero-order valence-electron chi connectivity index (χ0n) is 36.2. The summed E-state index contributed by atoms with van der Waals surface area (Å²) in [6.07, 6.45) is 7.05. The van der Waals surface area contributed by atoms with Crippen LogP contribution in [0.2, 0.25) is 0 Å². The van der Waals surface area contributed by atoms with Crippen LogP contribution in [0.5, 0.6) is 0 Å². The zero-order valence-corrected chi connectivity index (χ0v) is 39.4. The topological polar surface area (TPSA) is 110 Å². The number of nitrogens with two attached hydrogens (primary N) is 1. The van der Waals surface area contributed by atoms with Crippen molar-refractivity contribution in [2.75, 3.05) is 5.73 Å². The smallest absolute Gasteiger partial charge is 0.261 e. The van der Waals surface area contributed by atoms with E-state index >= 15 is 0 Å². The normalized spacial score (nSPS) is 18.4. The second-order valence-corrected chi connectivity index (χ2v) is 22.4. The number of nitrogens with zero attached hydrogens (tertiary/aromatic N) is 2. The summed E-state index contributed by atoms with van der Waals surface area (Å²) < 4.78 is 0.916. The first-order chi connectivity index (χ1) is 28.4. The fourth-order valence-electron chi connectivity index (χ4n) is 9.37. The number of pyridine rings is 2. The van der Waals surface area contributed by atoms with Crippen molar-refractivity contribution in [1.82, 2.24) is 20.6 Å². The zero-order chi connectivity index (χ0) is 42.7. The summed E-state index contributed by atoms with van der Waals surface area (Å²) in [5.74, 6) is 0.903. The van der Waals surface area contributed by atoms with Crippen LogP contribution in [0.15, 0.2) is 71.2 Å². The molecule has 0 radical (unpaired) electrons. The predicted octanol–water partition coefficient (Wildman–Crippen LogP) is 12.7. The molecule has 0 fully saturated rings. The molecule has 2 amide bonds. The van der Waals surface area contributed by atoms with Gasteiger partial charge in [0.2, 0.25) is 0 Å². The van der Waals surface area contributed by atoms with Crippen LogP contribution in [-0.4, -0.2) is 21.8 Å². The van der Waals surface area contributed by atoms with Gasteiger partial charge >= 0.3 is 0 Å². The molecular weight excluding hydrogens is 847 g/mol. The molecule has 0 saturated carbocycles. The highest BCUT2D eigenvalue weighted by Gasteiger charge is 2.32. The Hall–Kier alpha value is -4.12. The number of nitrogen functional groups attached to an aromatic ring is 1. The average molecular weight is 905 g/mol. The summed E-state index contributed by atoms with van der Waals surface area (Å²) in [6.45, 7) is 18.2. The Morgan fingerprint density at radius 1 is 0.767 bits per heavy atom. The van der Waals surface area contributed by atoms with Crippen LogP contribution >= 0.6 is 38.6 Å². The third kappa shape index (κ3) is 8.80. The number of anilines is 1. The highest BCUT2D eigenvalue weighted by molar-refractivity contribution is 9.10. The van der Waals surface area contributed by atoms with E-state index in [0.29, 0.717) is 27.3 Å². The van der Waals surface area contributed by atoms with E-state index < -0.39 is 0 Å². The van der Waals surface area contributed by atoms with Crippen molar-refractivity contribution >= 4 is 76.5 Å². The molecule has 5 atom stereocenters. The molecule has 4 N–H and O–H groups in total. The van der Waals surface area contributed by atoms with Crippen molar-refractivity contribution in [3.05, 3.63) is 120 Å². The summed E-state index contributed by atoms with van der Waals surface area (Å²) in [4.78, 5) is 41.2. The first-order valence-corrected chi connectivity index (χ1v) is 24.0. The van der Waals surface area contributed by atoms with E-state index in [9.17, 15) is 9.59 Å². The van der Waals surface area contributed by atoms with E-state index in [1.165, 1.54) is 45.2 Å². The van der Waals surface area contributed by atoms with Gasteiger partial charge in [-0.25, -0.2) is 9.97 Å². The van der Waals surface area contributed by atoms with E-state index in [0.717, 1.165) is 86.5 Å². The van der Waals surface area contributed by atoms with Crippen LogP contribution in [-0.2, 0) is 25.7 Å². The molecule has 314 valence electrons. The van der Waals surface area contributed by atoms with Gasteiger partial charge in [0.15, 0.2) is 0 Å². The van der Waals surface area contributed by atoms with Gasteiger partial charge in [0.05, 0.1) is 21.8 Å². The molecule has 4 heterocycles. The van der Waals surface area contributed by atoms with Gasteiger partial charge in [0.1, 0.15) is 9.66 Å². The van der Waals surface area contributed by atoms with Crippen molar-refractivity contribution in [2.24, 2.45) is 22.7 Å². The average Bonchev–Trinajstić information content (AvgIpc) is 3.82. The van der Waals surface area contributed by atoms with Gasteiger partial charge in [-0.2, -0.15) is 0 Å². The molecule has 2 aromatic carbocycles. The number of hydrogen-bond acceptors (Lipinski definition) is 7. The Morgan fingerprint density at radius 3 is 1.82 bits per heavy atom. The summed E-state index contributed by atoms with van der Waals surface area (Å²) in [5.41, 5.74) is 15.4. The SMILES string of the molecule is CC[C@@H](NC(=O)c1cc2cc3c(nc2s1)CCC(C(C)(C)C)C3)c1ccc(C(C)[C@@H](NC(=O)c2cc3cc4c(nc3s2)CCC(C(C)(C)C)C4)c2cccc(N)c2)c(Br)c1. The number of carbonyl (C=O) groups excluding carboxylic acids is 2. The fraction of sp³-hybridized carbons (Fsp3) is 0.440. The van der Waals surface area contributed by atoms with Gasteiger partial charge in [-0.05, 0) is 138 Å². The van der Waals surface area contributed by atoms with Gasteiger partial charge in [0, 0.05) is 38.2 Å². The third-order valence-corrected chi connectivity index (χ3v) is 16.1. The van der Waals surface area contributed by atoms with E-state index in [1.54, 1.807) is 0 Å². The number of amides is 2. The number of aryl methyl sites for hydroxylation is 2. The minimum Gasteiger partial charge on any atom is -0.399 e. The largest absolute Gasteiger partial charge is 0.399 e. The molecule has 0 aliphatic heterocycles. The summed E-state index contributed by atoms with van der Waals surface area (Å²) in [7, 11) is 0. The number of benzene rings is 2. The minimum absolute atomic E-state index is 0.0842. The van der Waals surface area contributed by atoms with Gasteiger partial charge < -0.3 is 16.4 Å². The number of fused-ring (bicyclic) bond motifs is 4. The van der Waals surface area contributed by atoms with Crippen molar-refractivity contribution in [2.45, 2.75) is 118 Å². The summed E-state index contributed by atoms with van der Waals surface area (Å²) in [6, 6.07) is 22.1. The van der Waals surface area contributed by atoms with Crippen molar-refractivity contribution in [3.8, 4) is 0 Å². The molecule has 3 unspecified atom stereocenters. The summed E-state index contributed by atoms with van der Waals surface area (Å²) >= 11 is 6.84. The molecule has 8 rings (SSSR count). The number of aromatic nitrogens is 2. The van der Waals surface area contributed by atoms with Crippen LogP contribution in [0.3, 0.4) is 0 Å². The fourth-order valence-corrected chi connectivity index (χ4v) is 12.0. The van der Waals surface area contributed by atoms with Crippen LogP contribution < -0.4 is 16.4 Å². The minimum atomic E-state index is -0.365. The number of nitrogens with one attached hydrogen (secondary N) is 2. The van der Waals surface area contributed by atoms with Gasteiger partial charge in [0.25, 0.3) is 11.8 Å². The van der Waals surface area contributed by atoms with Crippen LogP contribution in [0.4, 0.5) is 5.69 Å². The van der Waals surface area contributed by atoms with Gasteiger partial charge in [-0.3, -0.25) is 9.59 Å². The maximum Gasteiger partial charge on any atom is 0.261 e. The summed E-state index contributed by atoms with van der Waals surface area (Å²) in [5, 5.41) is 8.79. The lowest BCUT2D eigenvalue weighted by Gasteiger charge is -2.34. The Bertz CT molecular complexity index is 2600. The Morgan fingerprint density at radius 2 is 1.32 bits per heavy atom. The van der Waals surface area contributed by atoms with Gasteiger partial charge in [-0.15, -0.1) is 22.7 Å².